The molecule has 0 unspecified atom stereocenters. The van der Waals surface area contributed by atoms with E-state index < -0.39 is 10.0 Å². The van der Waals surface area contributed by atoms with Gasteiger partial charge in [0.25, 0.3) is 0 Å². The topological polar surface area (TPSA) is 105 Å². The first-order valence-corrected chi connectivity index (χ1v) is 8.27. The molecule has 9 heteroatoms. The Bertz CT molecular complexity index is 686. The maximum absolute atomic E-state index is 12.1. The Kier molecular flexibility index (Phi) is 6.52. The summed E-state index contributed by atoms with van der Waals surface area (Å²) in [5.74, 6) is -0.249. The quantitative estimate of drug-likeness (QED) is 0.746. The second kappa shape index (κ2) is 7.93. The minimum Gasteiger partial charge on any atom is -0.495 e. The van der Waals surface area contributed by atoms with E-state index in [0.717, 1.165) is 4.31 Å². The highest BCUT2D eigenvalue weighted by Gasteiger charge is 2.19. The van der Waals surface area contributed by atoms with Crippen LogP contribution in [0.5, 0.6) is 5.75 Å². The zero-order chi connectivity index (χ0) is 17.6. The number of anilines is 1. The van der Waals surface area contributed by atoms with Crippen LogP contribution in [0.1, 0.15) is 13.3 Å². The fraction of sp³-hybridized carbons (Fsp3) is 0.429. The summed E-state index contributed by atoms with van der Waals surface area (Å²) in [6.07, 6.45) is 0.0629. The minimum atomic E-state index is -3.62. The number of nitrogens with zero attached hydrogens (tertiary/aromatic N) is 1. The highest BCUT2D eigenvalue weighted by Crippen LogP contribution is 2.28. The number of rotatable bonds is 7. The van der Waals surface area contributed by atoms with E-state index in [1.54, 1.807) is 0 Å². The van der Waals surface area contributed by atoms with Crippen molar-refractivity contribution in [1.82, 2.24) is 9.62 Å². The van der Waals surface area contributed by atoms with Crippen LogP contribution >= 0.6 is 0 Å². The van der Waals surface area contributed by atoms with E-state index in [0.29, 0.717) is 5.75 Å². The first-order chi connectivity index (χ1) is 10.7. The van der Waals surface area contributed by atoms with E-state index in [1.165, 1.54) is 46.3 Å². The van der Waals surface area contributed by atoms with Crippen molar-refractivity contribution in [1.29, 1.82) is 0 Å². The van der Waals surface area contributed by atoms with Crippen molar-refractivity contribution in [2.24, 2.45) is 0 Å². The lowest BCUT2D eigenvalue weighted by atomic mass is 10.2. The Balaban J connectivity index is 2.96. The lowest BCUT2D eigenvalue weighted by Crippen LogP contribution is -2.25. The zero-order valence-electron chi connectivity index (χ0n) is 13.5. The van der Waals surface area contributed by atoms with Gasteiger partial charge in [0.15, 0.2) is 0 Å². The van der Waals surface area contributed by atoms with Crippen LogP contribution in [0.15, 0.2) is 23.1 Å². The molecule has 1 aromatic rings. The Hall–Kier alpha value is -2.13. The molecule has 8 nitrogen and oxygen atoms in total. The van der Waals surface area contributed by atoms with Gasteiger partial charge in [0.05, 0.1) is 17.7 Å². The van der Waals surface area contributed by atoms with Crippen LogP contribution < -0.4 is 15.4 Å². The summed E-state index contributed by atoms with van der Waals surface area (Å²) in [4.78, 5) is 22.7. The monoisotopic (exact) mass is 343 g/mol. The fourth-order valence-electron chi connectivity index (χ4n) is 1.72. The third-order valence-electron chi connectivity index (χ3n) is 2.95. The first kappa shape index (κ1) is 18.9. The molecule has 0 fully saturated rings. The van der Waals surface area contributed by atoms with E-state index in [4.69, 9.17) is 4.74 Å². The van der Waals surface area contributed by atoms with Gasteiger partial charge in [-0.15, -0.1) is 0 Å². The number of carbonyl (C=O) groups is 2. The van der Waals surface area contributed by atoms with Gasteiger partial charge in [-0.2, -0.15) is 0 Å². The molecule has 1 aromatic carbocycles. The van der Waals surface area contributed by atoms with E-state index in [9.17, 15) is 18.0 Å². The maximum Gasteiger partial charge on any atom is 0.242 e. The number of methoxy groups -OCH3 is 1. The van der Waals surface area contributed by atoms with Crippen molar-refractivity contribution >= 4 is 27.5 Å². The van der Waals surface area contributed by atoms with Crippen molar-refractivity contribution in [3.05, 3.63) is 18.2 Å². The molecule has 2 N–H and O–H groups in total. The molecule has 0 heterocycles. The Labute approximate surface area is 135 Å². The van der Waals surface area contributed by atoms with Crippen LogP contribution in [0.25, 0.3) is 0 Å². The first-order valence-electron chi connectivity index (χ1n) is 6.83. The molecule has 0 radical (unpaired) electrons. The van der Waals surface area contributed by atoms with Crippen LogP contribution in [0.2, 0.25) is 0 Å². The van der Waals surface area contributed by atoms with Gasteiger partial charge in [-0.1, -0.05) is 0 Å². The largest absolute Gasteiger partial charge is 0.495 e. The molecule has 0 aliphatic carbocycles. The number of sulfonamides is 1. The molecule has 1 rings (SSSR count). The van der Waals surface area contributed by atoms with Gasteiger partial charge in [0.1, 0.15) is 5.75 Å². The van der Waals surface area contributed by atoms with Gasteiger partial charge >= 0.3 is 0 Å². The number of hydrogen-bond donors (Lipinski definition) is 2. The summed E-state index contributed by atoms with van der Waals surface area (Å²) in [5.41, 5.74) is 0.253. The second-order valence-electron chi connectivity index (χ2n) is 4.93. The second-order valence-corrected chi connectivity index (χ2v) is 7.08. The minimum absolute atomic E-state index is 0.0421. The number of carbonyl (C=O) groups excluding carboxylic acids is 2. The third kappa shape index (κ3) is 5.22. The summed E-state index contributed by atoms with van der Waals surface area (Å²) in [5, 5.41) is 5.10. The third-order valence-corrected chi connectivity index (χ3v) is 4.76. The van der Waals surface area contributed by atoms with Crippen molar-refractivity contribution in [2.45, 2.75) is 18.2 Å². The highest BCUT2D eigenvalue weighted by atomic mass is 32.2. The summed E-state index contributed by atoms with van der Waals surface area (Å²) in [6, 6.07) is 4.21. The van der Waals surface area contributed by atoms with Crippen LogP contribution in [0.3, 0.4) is 0 Å². The van der Waals surface area contributed by atoms with Crippen molar-refractivity contribution in [3.63, 3.8) is 0 Å². The molecule has 0 aliphatic heterocycles. The predicted molar refractivity (Wildman–Crippen MR) is 85.8 cm³/mol. The van der Waals surface area contributed by atoms with Gasteiger partial charge < -0.3 is 15.4 Å². The summed E-state index contributed by atoms with van der Waals surface area (Å²) in [6.45, 7) is 1.55. The van der Waals surface area contributed by atoms with Crippen LogP contribution in [-0.2, 0) is 19.6 Å². The van der Waals surface area contributed by atoms with Gasteiger partial charge in [0, 0.05) is 34.0 Å². The van der Waals surface area contributed by atoms with Crippen molar-refractivity contribution < 1.29 is 22.7 Å². The zero-order valence-corrected chi connectivity index (χ0v) is 14.4. The Morgan fingerprint density at radius 3 is 2.43 bits per heavy atom. The lowest BCUT2D eigenvalue weighted by Gasteiger charge is -2.15. The normalized spacial score (nSPS) is 11.2. The molecule has 128 valence electrons. The molecule has 2 amide bonds. The fourth-order valence-corrected chi connectivity index (χ4v) is 2.65. The van der Waals surface area contributed by atoms with Gasteiger partial charge in [-0.05, 0) is 18.2 Å². The number of ether oxygens (including phenoxy) is 1. The Morgan fingerprint density at radius 1 is 1.26 bits per heavy atom. The lowest BCUT2D eigenvalue weighted by molar-refractivity contribution is -0.119. The molecule has 0 saturated carbocycles. The average Bonchev–Trinajstić information content (AvgIpc) is 2.46. The number of amides is 2. The van der Waals surface area contributed by atoms with Crippen LogP contribution in [0.4, 0.5) is 5.69 Å². The molecule has 0 spiro atoms. The number of nitrogens with one attached hydrogen (secondary N) is 2. The highest BCUT2D eigenvalue weighted by molar-refractivity contribution is 7.89. The van der Waals surface area contributed by atoms with Gasteiger partial charge in [0.2, 0.25) is 21.8 Å². The number of hydrogen-bond acceptors (Lipinski definition) is 5. The summed E-state index contributed by atoms with van der Waals surface area (Å²) < 4.78 is 30.5. The van der Waals surface area contributed by atoms with Crippen molar-refractivity contribution in [3.8, 4) is 5.75 Å². The average molecular weight is 343 g/mol. The Morgan fingerprint density at radius 2 is 1.91 bits per heavy atom. The molecule has 23 heavy (non-hydrogen) atoms. The summed E-state index contributed by atoms with van der Waals surface area (Å²) >= 11 is 0. The SMILES string of the molecule is COc1ccc(S(=O)(=O)N(C)C)cc1NC(=O)CCNC(C)=O. The van der Waals surface area contributed by atoms with Crippen LogP contribution in [0, 0.1) is 0 Å². The molecule has 0 saturated heterocycles. The van der Waals surface area contributed by atoms with E-state index in [2.05, 4.69) is 10.6 Å². The van der Waals surface area contributed by atoms with E-state index >= 15 is 0 Å². The molecular formula is C14H21N3O5S. The summed E-state index contributed by atoms with van der Waals surface area (Å²) in [7, 11) is 0.644. The molecule has 0 aliphatic rings. The van der Waals surface area contributed by atoms with Gasteiger partial charge in [-0.25, -0.2) is 12.7 Å². The molecular weight excluding hydrogens is 322 g/mol. The predicted octanol–water partition coefficient (Wildman–Crippen LogP) is 0.410. The van der Waals surface area contributed by atoms with E-state index in [1.807, 2.05) is 0 Å². The van der Waals surface area contributed by atoms with Crippen LogP contribution in [-0.4, -0.2) is 52.3 Å². The molecule has 0 aromatic heterocycles. The maximum atomic E-state index is 12.1. The molecule has 0 bridgehead atoms. The smallest absolute Gasteiger partial charge is 0.242 e. The van der Waals surface area contributed by atoms with Crippen molar-refractivity contribution in [2.75, 3.05) is 33.1 Å². The molecule has 0 atom stereocenters. The standard InChI is InChI=1S/C14H21N3O5S/c1-10(18)15-8-7-14(19)16-12-9-11(5-6-13(12)22-4)23(20,21)17(2)3/h5-6,9H,7-8H2,1-4H3,(H,15,18)(H,16,19). The number of benzene rings is 1. The van der Waals surface area contributed by atoms with Gasteiger partial charge in [-0.3, -0.25) is 9.59 Å². The van der Waals surface area contributed by atoms with E-state index in [-0.39, 0.29) is 35.4 Å².